The zero-order valence-corrected chi connectivity index (χ0v) is 22.5. The highest BCUT2D eigenvalue weighted by Crippen LogP contribution is 2.41. The first kappa shape index (κ1) is 27.0. The van der Waals surface area contributed by atoms with Crippen LogP contribution in [0.5, 0.6) is 17.2 Å². The Bertz CT molecular complexity index is 1550. The number of aliphatic carboxylic acids is 1. The van der Waals surface area contributed by atoms with E-state index in [0.29, 0.717) is 54.4 Å². The Morgan fingerprint density at radius 3 is 2.52 bits per heavy atom. The van der Waals surface area contributed by atoms with Crippen molar-refractivity contribution in [3.8, 4) is 28.4 Å². The van der Waals surface area contributed by atoms with Crippen molar-refractivity contribution in [1.29, 1.82) is 0 Å². The number of fused-ring (bicyclic) bond motifs is 1. The summed E-state index contributed by atoms with van der Waals surface area (Å²) in [6.45, 7) is 4.70. The maximum Gasteiger partial charge on any atom is 0.311 e. The molecule has 1 aliphatic heterocycles. The maximum atomic E-state index is 12.7. The van der Waals surface area contributed by atoms with Crippen LogP contribution in [0.2, 0.25) is 5.02 Å². The third kappa shape index (κ3) is 6.03. The van der Waals surface area contributed by atoms with Crippen molar-refractivity contribution in [2.45, 2.75) is 18.8 Å². The second kappa shape index (κ2) is 12.1. The van der Waals surface area contributed by atoms with Gasteiger partial charge in [-0.25, -0.2) is 0 Å². The number of hydrogen-bond acceptors (Lipinski definition) is 4. The molecular formula is C33H28ClNO5. The molecular weight excluding hydrogens is 526 g/mol. The molecule has 4 aromatic carbocycles. The molecule has 40 heavy (non-hydrogen) atoms. The number of hydrogen-bond donors (Lipinski definition) is 2. The smallest absolute Gasteiger partial charge is 0.311 e. The van der Waals surface area contributed by atoms with Crippen molar-refractivity contribution in [2.75, 3.05) is 13.2 Å². The normalized spacial score (nSPS) is 14.0. The predicted octanol–water partition coefficient (Wildman–Crippen LogP) is 7.37. The van der Waals surface area contributed by atoms with Crippen LogP contribution in [0.15, 0.2) is 91.5 Å². The molecule has 7 heteroatoms. The number of carbonyl (C=O) groups excluding carboxylic acids is 1. The van der Waals surface area contributed by atoms with E-state index in [0.717, 1.165) is 22.3 Å². The van der Waals surface area contributed by atoms with Gasteiger partial charge in [0.1, 0.15) is 17.2 Å². The maximum absolute atomic E-state index is 12.7. The van der Waals surface area contributed by atoms with Crippen LogP contribution in [0, 0.1) is 0 Å². The Hall–Kier alpha value is -4.55. The molecule has 1 aliphatic rings. The number of rotatable bonds is 9. The molecule has 0 fully saturated rings. The average Bonchev–Trinajstić information content (AvgIpc) is 2.98. The number of halogens is 1. The molecule has 1 amide bonds. The van der Waals surface area contributed by atoms with E-state index < -0.39 is 11.9 Å². The van der Waals surface area contributed by atoms with Gasteiger partial charge in [0.05, 0.1) is 17.5 Å². The van der Waals surface area contributed by atoms with Gasteiger partial charge in [-0.05, 0) is 65.4 Å². The lowest BCUT2D eigenvalue weighted by atomic mass is 9.93. The summed E-state index contributed by atoms with van der Waals surface area (Å²) >= 11 is 6.38. The Labute approximate surface area is 237 Å². The molecule has 0 aliphatic carbocycles. The molecule has 2 N–H and O–H groups in total. The van der Waals surface area contributed by atoms with Crippen LogP contribution >= 0.6 is 11.6 Å². The van der Waals surface area contributed by atoms with Crippen molar-refractivity contribution in [1.82, 2.24) is 5.32 Å². The van der Waals surface area contributed by atoms with Crippen molar-refractivity contribution >= 4 is 29.6 Å². The predicted molar refractivity (Wildman–Crippen MR) is 156 cm³/mol. The van der Waals surface area contributed by atoms with E-state index in [2.05, 4.69) is 42.2 Å². The van der Waals surface area contributed by atoms with Crippen LogP contribution in [0.3, 0.4) is 0 Å². The lowest BCUT2D eigenvalue weighted by Crippen LogP contribution is -2.25. The zero-order chi connectivity index (χ0) is 28.1. The lowest BCUT2D eigenvalue weighted by Gasteiger charge is -2.24. The van der Waals surface area contributed by atoms with Crippen LogP contribution in [0.1, 0.15) is 39.4 Å². The van der Waals surface area contributed by atoms with Crippen LogP contribution in [0.4, 0.5) is 0 Å². The standard InChI is InChI=1S/C33H28ClNO5/c1-2-22-5-3-4-6-26(22)23-9-7-21(8-10-23)15-17-35-32(36)24-11-13-25(14-12-24)40-31-20-30-28(19-29(31)34)27(33(37)38)16-18-39-30/h2-14,19-20,27H,1,15-18H2,(H,35,36)(H,37,38). The minimum Gasteiger partial charge on any atom is -0.493 e. The molecule has 0 spiro atoms. The number of amides is 1. The second-order valence-corrected chi connectivity index (χ2v) is 9.88. The van der Waals surface area contributed by atoms with Gasteiger partial charge in [0, 0.05) is 23.7 Å². The van der Waals surface area contributed by atoms with E-state index in [1.165, 1.54) is 0 Å². The van der Waals surface area contributed by atoms with Gasteiger partial charge in [-0.15, -0.1) is 0 Å². The van der Waals surface area contributed by atoms with Gasteiger partial charge in [-0.3, -0.25) is 9.59 Å². The van der Waals surface area contributed by atoms with Gasteiger partial charge in [-0.2, -0.15) is 0 Å². The molecule has 0 bridgehead atoms. The second-order valence-electron chi connectivity index (χ2n) is 9.47. The van der Waals surface area contributed by atoms with E-state index in [1.807, 2.05) is 24.3 Å². The van der Waals surface area contributed by atoms with Crippen molar-refractivity contribution in [2.24, 2.45) is 0 Å². The molecule has 5 rings (SSSR count). The van der Waals surface area contributed by atoms with Gasteiger partial charge in [0.2, 0.25) is 0 Å². The summed E-state index contributed by atoms with van der Waals surface area (Å²) in [6, 6.07) is 26.4. The number of benzene rings is 4. The highest BCUT2D eigenvalue weighted by molar-refractivity contribution is 6.32. The third-order valence-corrected chi connectivity index (χ3v) is 7.19. The quantitative estimate of drug-likeness (QED) is 0.226. The minimum atomic E-state index is -0.911. The first-order valence-corrected chi connectivity index (χ1v) is 13.4. The largest absolute Gasteiger partial charge is 0.493 e. The molecule has 4 aromatic rings. The van der Waals surface area contributed by atoms with E-state index in [1.54, 1.807) is 36.4 Å². The molecule has 0 saturated carbocycles. The Morgan fingerprint density at radius 1 is 1.05 bits per heavy atom. The fourth-order valence-electron chi connectivity index (χ4n) is 4.74. The molecule has 1 atom stereocenters. The van der Waals surface area contributed by atoms with Crippen molar-refractivity contribution in [3.05, 3.63) is 119 Å². The van der Waals surface area contributed by atoms with E-state index >= 15 is 0 Å². The van der Waals surface area contributed by atoms with Gasteiger partial charge >= 0.3 is 5.97 Å². The minimum absolute atomic E-state index is 0.178. The SMILES string of the molecule is C=Cc1ccccc1-c1ccc(CCNC(=O)c2ccc(Oc3cc4c(cc3Cl)C(C(=O)O)CCO4)cc2)cc1. The fourth-order valence-corrected chi connectivity index (χ4v) is 4.95. The van der Waals surface area contributed by atoms with Crippen molar-refractivity contribution in [3.63, 3.8) is 0 Å². The number of nitrogens with one attached hydrogen (secondary N) is 1. The number of carboxylic acids is 1. The Balaban J connectivity index is 1.16. The molecule has 1 heterocycles. The van der Waals surface area contributed by atoms with Crippen LogP contribution in [-0.2, 0) is 11.2 Å². The number of ether oxygens (including phenoxy) is 2. The topological polar surface area (TPSA) is 84.9 Å². The van der Waals surface area contributed by atoms with Gasteiger partial charge in [0.25, 0.3) is 5.91 Å². The molecule has 202 valence electrons. The highest BCUT2D eigenvalue weighted by Gasteiger charge is 2.29. The molecule has 0 aromatic heterocycles. The van der Waals surface area contributed by atoms with Gasteiger partial charge in [-0.1, -0.05) is 72.8 Å². The molecule has 1 unspecified atom stereocenters. The van der Waals surface area contributed by atoms with E-state index in [4.69, 9.17) is 21.1 Å². The summed E-state index contributed by atoms with van der Waals surface area (Å²) in [5, 5.41) is 12.7. The molecule has 0 radical (unpaired) electrons. The first-order chi connectivity index (χ1) is 19.4. The monoisotopic (exact) mass is 553 g/mol. The van der Waals surface area contributed by atoms with Gasteiger partial charge < -0.3 is 19.9 Å². The summed E-state index contributed by atoms with van der Waals surface area (Å²) in [7, 11) is 0. The average molecular weight is 554 g/mol. The van der Waals surface area contributed by atoms with Gasteiger partial charge in [0.15, 0.2) is 0 Å². The summed E-state index contributed by atoms with van der Waals surface area (Å²) in [4.78, 5) is 24.2. The summed E-state index contributed by atoms with van der Waals surface area (Å²) in [5.74, 6) is -0.461. The zero-order valence-electron chi connectivity index (χ0n) is 21.7. The third-order valence-electron chi connectivity index (χ3n) is 6.89. The molecule has 6 nitrogen and oxygen atoms in total. The molecule has 0 saturated heterocycles. The first-order valence-electron chi connectivity index (χ1n) is 13.0. The van der Waals surface area contributed by atoms with Crippen LogP contribution in [0.25, 0.3) is 17.2 Å². The van der Waals surface area contributed by atoms with Crippen LogP contribution < -0.4 is 14.8 Å². The number of carbonyl (C=O) groups is 2. The van der Waals surface area contributed by atoms with E-state index in [-0.39, 0.29) is 10.9 Å². The number of carboxylic acid groups (broad SMARTS) is 1. The Kier molecular flexibility index (Phi) is 8.18. The summed E-state index contributed by atoms with van der Waals surface area (Å²) < 4.78 is 11.5. The highest BCUT2D eigenvalue weighted by atomic mass is 35.5. The van der Waals surface area contributed by atoms with E-state index in [9.17, 15) is 14.7 Å². The lowest BCUT2D eigenvalue weighted by molar-refractivity contribution is -0.139. The summed E-state index contributed by atoms with van der Waals surface area (Å²) in [6.07, 6.45) is 2.95. The Morgan fingerprint density at radius 2 is 1.80 bits per heavy atom. The fraction of sp³-hybridized carbons (Fsp3) is 0.152. The van der Waals surface area contributed by atoms with Crippen molar-refractivity contribution < 1.29 is 24.2 Å². The van der Waals surface area contributed by atoms with Crippen LogP contribution in [-0.4, -0.2) is 30.1 Å². The summed E-state index contributed by atoms with van der Waals surface area (Å²) in [5.41, 5.74) is 5.53.